The third-order valence-corrected chi connectivity index (χ3v) is 2.73. The number of hydrogen-bond acceptors (Lipinski definition) is 4. The molecule has 1 N–H and O–H groups in total. The quantitative estimate of drug-likeness (QED) is 0.920. The van der Waals surface area contributed by atoms with Crippen molar-refractivity contribution >= 4 is 0 Å². The van der Waals surface area contributed by atoms with E-state index in [9.17, 15) is 13.2 Å². The number of ether oxygens (including phenoxy) is 3. The second-order valence-corrected chi connectivity index (χ2v) is 4.03. The molecule has 1 saturated heterocycles. The van der Waals surface area contributed by atoms with Crippen LogP contribution in [0.2, 0.25) is 0 Å². The average Bonchev–Trinajstić information content (AvgIpc) is 2.38. The third kappa shape index (κ3) is 3.74. The molecule has 1 heterocycles. The molecule has 0 unspecified atom stereocenters. The first kappa shape index (κ1) is 14.0. The topological polar surface area (TPSA) is 39.7 Å². The van der Waals surface area contributed by atoms with Crippen LogP contribution in [0.25, 0.3) is 0 Å². The highest BCUT2D eigenvalue weighted by Crippen LogP contribution is 2.32. The van der Waals surface area contributed by atoms with E-state index in [-0.39, 0.29) is 11.8 Å². The molecule has 1 aliphatic heterocycles. The fourth-order valence-corrected chi connectivity index (χ4v) is 1.95. The maximum absolute atomic E-state index is 12.2. The number of morpholine rings is 1. The van der Waals surface area contributed by atoms with Gasteiger partial charge in [0.1, 0.15) is 11.5 Å². The lowest BCUT2D eigenvalue weighted by molar-refractivity contribution is -0.274. The Balaban J connectivity index is 2.25. The number of rotatable bonds is 3. The van der Waals surface area contributed by atoms with Gasteiger partial charge in [-0.25, -0.2) is 0 Å². The summed E-state index contributed by atoms with van der Waals surface area (Å²) in [4.78, 5) is 0. The summed E-state index contributed by atoms with van der Waals surface area (Å²) < 4.78 is 51.0. The number of nitrogens with one attached hydrogen (secondary N) is 1. The van der Waals surface area contributed by atoms with Crippen molar-refractivity contribution in [2.45, 2.75) is 12.4 Å². The fourth-order valence-electron chi connectivity index (χ4n) is 1.95. The van der Waals surface area contributed by atoms with Crippen LogP contribution in [0.3, 0.4) is 0 Å². The van der Waals surface area contributed by atoms with Gasteiger partial charge in [-0.1, -0.05) is 0 Å². The summed E-state index contributed by atoms with van der Waals surface area (Å²) in [5.41, 5.74) is 0.587. The molecular weight excluding hydrogens is 263 g/mol. The second kappa shape index (κ2) is 5.66. The minimum atomic E-state index is -4.71. The SMILES string of the molecule is COc1ccc(OC(F)(F)F)cc1[C@@H]1COCCN1. The van der Waals surface area contributed by atoms with Crippen molar-refractivity contribution in [3.05, 3.63) is 23.8 Å². The standard InChI is InChI=1S/C12H14F3NO3/c1-17-11-3-2-8(19-12(13,14)15)6-9(11)10-7-18-5-4-16-10/h2-3,6,10,16H,4-5,7H2,1H3/t10-/m0/s1. The van der Waals surface area contributed by atoms with Gasteiger partial charge in [0.25, 0.3) is 0 Å². The van der Waals surface area contributed by atoms with Crippen molar-refractivity contribution in [2.24, 2.45) is 0 Å². The smallest absolute Gasteiger partial charge is 0.496 e. The summed E-state index contributed by atoms with van der Waals surface area (Å²) in [6.07, 6.45) is -4.71. The Labute approximate surface area is 108 Å². The molecule has 0 aromatic heterocycles. The molecule has 1 aliphatic rings. The number of halogens is 3. The first-order valence-corrected chi connectivity index (χ1v) is 5.74. The second-order valence-electron chi connectivity index (χ2n) is 4.03. The van der Waals surface area contributed by atoms with E-state index >= 15 is 0 Å². The Morgan fingerprint density at radius 2 is 2.16 bits per heavy atom. The van der Waals surface area contributed by atoms with Gasteiger partial charge in [-0.05, 0) is 18.2 Å². The summed E-state index contributed by atoms with van der Waals surface area (Å²) in [6, 6.07) is 3.78. The molecule has 4 nitrogen and oxygen atoms in total. The lowest BCUT2D eigenvalue weighted by Crippen LogP contribution is -2.34. The van der Waals surface area contributed by atoms with Gasteiger partial charge in [0.05, 0.1) is 26.4 Å². The van der Waals surface area contributed by atoms with Crippen LogP contribution in [0.5, 0.6) is 11.5 Å². The Hall–Kier alpha value is -1.47. The highest BCUT2D eigenvalue weighted by molar-refractivity contribution is 5.42. The third-order valence-electron chi connectivity index (χ3n) is 2.73. The summed E-state index contributed by atoms with van der Waals surface area (Å²) in [5.74, 6) is 0.230. The Bertz CT molecular complexity index is 431. The molecule has 1 aromatic carbocycles. The van der Waals surface area contributed by atoms with Crippen LogP contribution in [0.4, 0.5) is 13.2 Å². The van der Waals surface area contributed by atoms with Crippen molar-refractivity contribution in [1.29, 1.82) is 0 Å². The van der Waals surface area contributed by atoms with Gasteiger partial charge in [0.2, 0.25) is 0 Å². The van der Waals surface area contributed by atoms with Gasteiger partial charge < -0.3 is 19.5 Å². The van der Waals surface area contributed by atoms with E-state index in [1.807, 2.05) is 0 Å². The molecule has 1 atom stereocenters. The Kier molecular flexibility index (Phi) is 4.16. The van der Waals surface area contributed by atoms with E-state index in [0.29, 0.717) is 31.1 Å². The van der Waals surface area contributed by atoms with Crippen LogP contribution >= 0.6 is 0 Å². The van der Waals surface area contributed by atoms with Crippen molar-refractivity contribution < 1.29 is 27.4 Å². The van der Waals surface area contributed by atoms with Crippen LogP contribution in [0.15, 0.2) is 18.2 Å². The monoisotopic (exact) mass is 277 g/mol. The van der Waals surface area contributed by atoms with Gasteiger partial charge in [-0.3, -0.25) is 0 Å². The molecule has 0 amide bonds. The van der Waals surface area contributed by atoms with E-state index < -0.39 is 6.36 Å². The van der Waals surface area contributed by atoms with Gasteiger partial charge in [0.15, 0.2) is 0 Å². The van der Waals surface area contributed by atoms with Crippen molar-refractivity contribution in [2.75, 3.05) is 26.9 Å². The van der Waals surface area contributed by atoms with Crippen LogP contribution in [0.1, 0.15) is 11.6 Å². The molecule has 0 radical (unpaired) electrons. The number of hydrogen-bond donors (Lipinski definition) is 1. The molecule has 0 saturated carbocycles. The average molecular weight is 277 g/mol. The van der Waals surface area contributed by atoms with Crippen LogP contribution in [-0.2, 0) is 4.74 Å². The molecular formula is C12H14F3NO3. The predicted octanol–water partition coefficient (Wildman–Crippen LogP) is 2.25. The zero-order chi connectivity index (χ0) is 13.9. The van der Waals surface area contributed by atoms with Crippen molar-refractivity contribution in [3.63, 3.8) is 0 Å². The normalized spacial score (nSPS) is 20.1. The molecule has 2 rings (SSSR count). The number of methoxy groups -OCH3 is 1. The molecule has 0 aliphatic carbocycles. The lowest BCUT2D eigenvalue weighted by Gasteiger charge is -2.26. The Morgan fingerprint density at radius 1 is 1.37 bits per heavy atom. The molecule has 1 fully saturated rings. The minimum Gasteiger partial charge on any atom is -0.496 e. The van der Waals surface area contributed by atoms with Crippen LogP contribution in [0, 0.1) is 0 Å². The first-order valence-electron chi connectivity index (χ1n) is 5.74. The lowest BCUT2D eigenvalue weighted by atomic mass is 10.1. The predicted molar refractivity (Wildman–Crippen MR) is 61.2 cm³/mol. The van der Waals surface area contributed by atoms with Gasteiger partial charge in [-0.15, -0.1) is 13.2 Å². The highest BCUT2D eigenvalue weighted by atomic mass is 19.4. The van der Waals surface area contributed by atoms with Crippen LogP contribution in [-0.4, -0.2) is 33.2 Å². The van der Waals surface area contributed by atoms with E-state index in [4.69, 9.17) is 9.47 Å². The number of benzene rings is 1. The molecule has 19 heavy (non-hydrogen) atoms. The van der Waals surface area contributed by atoms with E-state index in [2.05, 4.69) is 10.1 Å². The molecule has 1 aromatic rings. The molecule has 106 valence electrons. The van der Waals surface area contributed by atoms with Crippen LogP contribution < -0.4 is 14.8 Å². The van der Waals surface area contributed by atoms with Gasteiger partial charge in [0, 0.05) is 12.1 Å². The molecule has 7 heteroatoms. The highest BCUT2D eigenvalue weighted by Gasteiger charge is 2.31. The van der Waals surface area contributed by atoms with E-state index in [1.165, 1.54) is 25.3 Å². The Morgan fingerprint density at radius 3 is 2.74 bits per heavy atom. The van der Waals surface area contributed by atoms with Crippen molar-refractivity contribution in [1.82, 2.24) is 5.32 Å². The van der Waals surface area contributed by atoms with Gasteiger partial charge in [-0.2, -0.15) is 0 Å². The minimum absolute atomic E-state index is 0.208. The largest absolute Gasteiger partial charge is 0.573 e. The summed E-state index contributed by atoms with van der Waals surface area (Å²) in [6.45, 7) is 1.60. The summed E-state index contributed by atoms with van der Waals surface area (Å²) >= 11 is 0. The molecule has 0 bridgehead atoms. The first-order chi connectivity index (χ1) is 8.99. The maximum Gasteiger partial charge on any atom is 0.573 e. The molecule has 0 spiro atoms. The van der Waals surface area contributed by atoms with Crippen molar-refractivity contribution in [3.8, 4) is 11.5 Å². The van der Waals surface area contributed by atoms with Gasteiger partial charge >= 0.3 is 6.36 Å². The van der Waals surface area contributed by atoms with E-state index in [0.717, 1.165) is 0 Å². The summed E-state index contributed by atoms with van der Waals surface area (Å²) in [7, 11) is 1.47. The zero-order valence-electron chi connectivity index (χ0n) is 10.3. The zero-order valence-corrected chi connectivity index (χ0v) is 10.3. The summed E-state index contributed by atoms with van der Waals surface area (Å²) in [5, 5.41) is 3.16. The van der Waals surface area contributed by atoms with E-state index in [1.54, 1.807) is 0 Å². The maximum atomic E-state index is 12.2. The number of alkyl halides is 3. The fraction of sp³-hybridized carbons (Fsp3) is 0.500.